The summed E-state index contributed by atoms with van der Waals surface area (Å²) in [5.41, 5.74) is 1.05. The van der Waals surface area contributed by atoms with Gasteiger partial charge in [0.15, 0.2) is 0 Å². The van der Waals surface area contributed by atoms with Gasteiger partial charge in [0.05, 0.1) is 6.61 Å². The van der Waals surface area contributed by atoms with Gasteiger partial charge in [0.25, 0.3) is 0 Å². The van der Waals surface area contributed by atoms with Crippen LogP contribution in [0.1, 0.15) is 37.1 Å². The Kier molecular flexibility index (Phi) is 4.70. The normalized spacial score (nSPS) is 14.5. The molecule has 0 unspecified atom stereocenters. The number of rotatable bonds is 8. The van der Waals surface area contributed by atoms with Gasteiger partial charge in [0, 0.05) is 24.3 Å². The van der Waals surface area contributed by atoms with Crippen molar-refractivity contribution in [3.05, 3.63) is 30.2 Å². The molecule has 4 heteroatoms. The van der Waals surface area contributed by atoms with E-state index in [2.05, 4.69) is 21.9 Å². The Bertz CT molecular complexity index is 402. The number of hydrogen-bond donors (Lipinski definition) is 1. The summed E-state index contributed by atoms with van der Waals surface area (Å²) in [4.78, 5) is 8.61. The third-order valence-electron chi connectivity index (χ3n) is 2.90. The van der Waals surface area contributed by atoms with E-state index < -0.39 is 0 Å². The van der Waals surface area contributed by atoms with Gasteiger partial charge < -0.3 is 10.1 Å². The first-order valence-electron chi connectivity index (χ1n) is 6.59. The van der Waals surface area contributed by atoms with Crippen LogP contribution in [0.25, 0.3) is 0 Å². The lowest BCUT2D eigenvalue weighted by Crippen LogP contribution is -2.17. The van der Waals surface area contributed by atoms with Gasteiger partial charge in [0.2, 0.25) is 5.88 Å². The van der Waals surface area contributed by atoms with Crippen molar-refractivity contribution in [3.63, 3.8) is 0 Å². The molecule has 1 aliphatic rings. The highest BCUT2D eigenvalue weighted by Crippen LogP contribution is 2.21. The molecule has 0 amide bonds. The lowest BCUT2D eigenvalue weighted by Gasteiger charge is -2.10. The molecule has 1 N–H and O–H groups in total. The Hall–Kier alpha value is -1.42. The average molecular weight is 247 g/mol. The molecule has 1 aromatic rings. The molecule has 0 aromatic carbocycles. The van der Waals surface area contributed by atoms with Gasteiger partial charge in [-0.05, 0) is 32.6 Å². The molecule has 0 aliphatic heterocycles. The summed E-state index contributed by atoms with van der Waals surface area (Å²) in [6.07, 6.45) is 8.27. The third kappa shape index (κ3) is 4.11. The number of nitrogens with one attached hydrogen (secondary N) is 1. The second-order valence-electron chi connectivity index (χ2n) is 4.68. The number of ether oxygens (including phenoxy) is 1. The van der Waals surface area contributed by atoms with E-state index in [1.54, 1.807) is 0 Å². The minimum atomic E-state index is 0.679. The summed E-state index contributed by atoms with van der Waals surface area (Å²) in [5, 5.41) is 3.46. The largest absolute Gasteiger partial charge is 0.477 e. The van der Waals surface area contributed by atoms with Crippen LogP contribution in [0.15, 0.2) is 18.9 Å². The van der Waals surface area contributed by atoms with Crippen molar-refractivity contribution in [3.8, 4) is 5.88 Å². The molecular formula is C14H21N3O. The smallest absolute Gasteiger partial charge is 0.221 e. The molecule has 4 nitrogen and oxygen atoms in total. The number of hydrogen-bond acceptors (Lipinski definition) is 4. The second-order valence-corrected chi connectivity index (χ2v) is 4.68. The zero-order valence-corrected chi connectivity index (χ0v) is 11.0. The van der Waals surface area contributed by atoms with E-state index in [4.69, 9.17) is 4.74 Å². The minimum absolute atomic E-state index is 0.679. The SMILES string of the molecule is C=CCCCOc1nc(C)ncc1CNC1CC1. The third-order valence-corrected chi connectivity index (χ3v) is 2.90. The van der Waals surface area contributed by atoms with Gasteiger partial charge in [-0.3, -0.25) is 0 Å². The van der Waals surface area contributed by atoms with Gasteiger partial charge in [-0.2, -0.15) is 4.98 Å². The molecule has 18 heavy (non-hydrogen) atoms. The Morgan fingerprint density at radius 3 is 3.11 bits per heavy atom. The van der Waals surface area contributed by atoms with E-state index in [0.29, 0.717) is 12.6 Å². The average Bonchev–Trinajstić information content (AvgIpc) is 3.17. The number of nitrogens with zero attached hydrogens (tertiary/aromatic N) is 2. The maximum absolute atomic E-state index is 5.73. The van der Waals surface area contributed by atoms with Gasteiger partial charge in [-0.25, -0.2) is 4.98 Å². The molecule has 98 valence electrons. The topological polar surface area (TPSA) is 47.0 Å². The molecule has 1 aromatic heterocycles. The number of allylic oxidation sites excluding steroid dienone is 1. The van der Waals surface area contributed by atoms with Crippen LogP contribution >= 0.6 is 0 Å². The summed E-state index contributed by atoms with van der Waals surface area (Å²) in [6, 6.07) is 0.680. The fourth-order valence-corrected chi connectivity index (χ4v) is 1.66. The first-order chi connectivity index (χ1) is 8.79. The molecule has 0 atom stereocenters. The Labute approximate surface area is 108 Å². The first-order valence-corrected chi connectivity index (χ1v) is 6.59. The van der Waals surface area contributed by atoms with E-state index in [0.717, 1.165) is 36.7 Å². The summed E-state index contributed by atoms with van der Waals surface area (Å²) < 4.78 is 5.73. The molecule has 2 rings (SSSR count). The standard InChI is InChI=1S/C14H21N3O/c1-3-4-5-8-18-14-12(9-15-11(2)17-14)10-16-13-6-7-13/h3,9,13,16H,1,4-8,10H2,2H3. The summed E-state index contributed by atoms with van der Waals surface area (Å²) in [6.45, 7) is 7.06. The molecule has 0 radical (unpaired) electrons. The van der Waals surface area contributed by atoms with E-state index in [9.17, 15) is 0 Å². The van der Waals surface area contributed by atoms with E-state index in [1.165, 1.54) is 12.8 Å². The fourth-order valence-electron chi connectivity index (χ4n) is 1.66. The van der Waals surface area contributed by atoms with E-state index in [-0.39, 0.29) is 0 Å². The maximum Gasteiger partial charge on any atom is 0.221 e. The van der Waals surface area contributed by atoms with E-state index in [1.807, 2.05) is 19.2 Å². The highest BCUT2D eigenvalue weighted by Gasteiger charge is 2.21. The van der Waals surface area contributed by atoms with Crippen molar-refractivity contribution in [2.75, 3.05) is 6.61 Å². The predicted molar refractivity (Wildman–Crippen MR) is 71.6 cm³/mol. The van der Waals surface area contributed by atoms with Gasteiger partial charge in [-0.1, -0.05) is 6.08 Å². The monoisotopic (exact) mass is 247 g/mol. The fraction of sp³-hybridized carbons (Fsp3) is 0.571. The zero-order chi connectivity index (χ0) is 12.8. The number of aryl methyl sites for hydroxylation is 1. The Morgan fingerprint density at radius 1 is 1.56 bits per heavy atom. The summed E-state index contributed by atoms with van der Waals surface area (Å²) in [7, 11) is 0. The van der Waals surface area contributed by atoms with Crippen molar-refractivity contribution in [1.29, 1.82) is 0 Å². The van der Waals surface area contributed by atoms with Crippen molar-refractivity contribution in [2.45, 2.75) is 45.2 Å². The predicted octanol–water partition coefficient (Wildman–Crippen LogP) is 2.38. The minimum Gasteiger partial charge on any atom is -0.477 e. The summed E-state index contributed by atoms with van der Waals surface area (Å²) in [5.74, 6) is 1.48. The van der Waals surface area contributed by atoms with Crippen molar-refractivity contribution in [1.82, 2.24) is 15.3 Å². The van der Waals surface area contributed by atoms with Gasteiger partial charge in [0.1, 0.15) is 5.82 Å². The number of aromatic nitrogens is 2. The Morgan fingerprint density at radius 2 is 2.39 bits per heavy atom. The van der Waals surface area contributed by atoms with E-state index >= 15 is 0 Å². The second kappa shape index (κ2) is 6.50. The summed E-state index contributed by atoms with van der Waals surface area (Å²) >= 11 is 0. The highest BCUT2D eigenvalue weighted by molar-refractivity contribution is 5.23. The van der Waals surface area contributed by atoms with Gasteiger partial charge in [-0.15, -0.1) is 6.58 Å². The zero-order valence-electron chi connectivity index (χ0n) is 11.0. The van der Waals surface area contributed by atoms with Crippen molar-refractivity contribution >= 4 is 0 Å². The van der Waals surface area contributed by atoms with Crippen LogP contribution in [0.4, 0.5) is 0 Å². The molecular weight excluding hydrogens is 226 g/mol. The first kappa shape index (κ1) is 13.0. The van der Waals surface area contributed by atoms with Crippen LogP contribution in [0, 0.1) is 6.92 Å². The van der Waals surface area contributed by atoms with Crippen LogP contribution in [0.5, 0.6) is 5.88 Å². The lowest BCUT2D eigenvalue weighted by molar-refractivity contribution is 0.294. The van der Waals surface area contributed by atoms with Gasteiger partial charge >= 0.3 is 0 Å². The molecule has 0 spiro atoms. The van der Waals surface area contributed by atoms with Crippen molar-refractivity contribution in [2.24, 2.45) is 0 Å². The molecule has 0 saturated heterocycles. The van der Waals surface area contributed by atoms with Crippen LogP contribution in [-0.2, 0) is 6.54 Å². The molecule has 1 fully saturated rings. The van der Waals surface area contributed by atoms with Crippen LogP contribution in [-0.4, -0.2) is 22.6 Å². The lowest BCUT2D eigenvalue weighted by atomic mass is 10.3. The Balaban J connectivity index is 1.90. The molecule has 0 bridgehead atoms. The van der Waals surface area contributed by atoms with Crippen LogP contribution in [0.2, 0.25) is 0 Å². The quantitative estimate of drug-likeness (QED) is 0.566. The molecule has 1 heterocycles. The van der Waals surface area contributed by atoms with Crippen LogP contribution < -0.4 is 10.1 Å². The number of unbranched alkanes of at least 4 members (excludes halogenated alkanes) is 1. The molecule has 1 aliphatic carbocycles. The van der Waals surface area contributed by atoms with Crippen LogP contribution in [0.3, 0.4) is 0 Å². The van der Waals surface area contributed by atoms with Crippen molar-refractivity contribution < 1.29 is 4.74 Å². The maximum atomic E-state index is 5.73. The molecule has 1 saturated carbocycles. The highest BCUT2D eigenvalue weighted by atomic mass is 16.5.